The van der Waals surface area contributed by atoms with E-state index in [4.69, 9.17) is 0 Å². The van der Waals surface area contributed by atoms with E-state index < -0.39 is 5.78 Å². The van der Waals surface area contributed by atoms with Gasteiger partial charge in [-0.25, -0.2) is 0 Å². The number of hydrogen-bond donors (Lipinski definition) is 1. The predicted molar refractivity (Wildman–Crippen MR) is 34.9 cm³/mol. The first-order valence-corrected chi connectivity index (χ1v) is 3.66. The summed E-state index contributed by atoms with van der Waals surface area (Å²) in [6, 6.07) is 0. The molecule has 1 fully saturated rings. The van der Waals surface area contributed by atoms with E-state index in [0.717, 1.165) is 12.3 Å². The van der Waals surface area contributed by atoms with E-state index in [0.29, 0.717) is 0 Å². The first kappa shape index (κ1) is 6.77. The van der Waals surface area contributed by atoms with Gasteiger partial charge in [0.2, 0.25) is 5.78 Å². The average molecular weight is 144 g/mol. The number of rotatable bonds is 2. The molecule has 0 aromatic heterocycles. The molecule has 1 rings (SSSR count). The van der Waals surface area contributed by atoms with Crippen molar-refractivity contribution >= 4 is 23.8 Å². The zero-order valence-corrected chi connectivity index (χ0v) is 5.53. The summed E-state index contributed by atoms with van der Waals surface area (Å²) >= 11 is 1.45. The Hall–Kier alpha value is -0.350. The lowest BCUT2D eigenvalue weighted by molar-refractivity contribution is -0.112. The minimum absolute atomic E-state index is 0.317. The Labute approximate surface area is 57.2 Å². The number of carbonyl (C=O) groups excluding carboxylic acids is 2. The van der Waals surface area contributed by atoms with Gasteiger partial charge >= 0.3 is 0 Å². The van der Waals surface area contributed by atoms with Crippen molar-refractivity contribution in [2.75, 3.05) is 12.3 Å². The zero-order chi connectivity index (χ0) is 6.69. The summed E-state index contributed by atoms with van der Waals surface area (Å²) in [5.41, 5.74) is 0. The molecule has 0 amide bonds. The van der Waals surface area contributed by atoms with Crippen molar-refractivity contribution < 1.29 is 9.59 Å². The molecule has 4 heteroatoms. The topological polar surface area (TPSA) is 46.2 Å². The minimum Gasteiger partial charge on any atom is -0.298 e. The molecule has 0 aromatic rings. The van der Waals surface area contributed by atoms with Crippen LogP contribution in [0, 0.1) is 0 Å². The van der Waals surface area contributed by atoms with Crippen LogP contribution in [0.25, 0.3) is 0 Å². The second-order valence-corrected chi connectivity index (χ2v) is 2.88. The summed E-state index contributed by atoms with van der Waals surface area (Å²) in [7, 11) is 0. The monoisotopic (exact) mass is 144 g/mol. The quantitative estimate of drug-likeness (QED) is 0.522. The van der Waals surface area contributed by atoms with Gasteiger partial charge in [-0.3, -0.25) is 14.9 Å². The standard InChI is InChI=1S/C5H6NO2S/c7-3-4(8)5-6-1-2-9-5/h5-6H,1-2H2. The van der Waals surface area contributed by atoms with Crippen LogP contribution in [-0.2, 0) is 9.59 Å². The molecular weight excluding hydrogens is 138 g/mol. The lowest BCUT2D eigenvalue weighted by atomic mass is 10.4. The largest absolute Gasteiger partial charge is 0.298 e. The molecule has 1 aliphatic rings. The summed E-state index contributed by atoms with van der Waals surface area (Å²) in [5.74, 6) is 0.426. The van der Waals surface area contributed by atoms with E-state index in [-0.39, 0.29) is 5.37 Å². The molecule has 1 radical (unpaired) electrons. The highest BCUT2D eigenvalue weighted by atomic mass is 32.2. The van der Waals surface area contributed by atoms with Gasteiger partial charge in [-0.15, -0.1) is 11.8 Å². The Kier molecular flexibility index (Phi) is 2.24. The molecular formula is C5H6NO2S. The SMILES string of the molecule is O=[C]C(=O)C1NCCS1. The summed E-state index contributed by atoms with van der Waals surface area (Å²) in [5, 5.41) is 2.54. The molecule has 0 spiro atoms. The van der Waals surface area contributed by atoms with Crippen LogP contribution in [0.1, 0.15) is 0 Å². The van der Waals surface area contributed by atoms with Gasteiger partial charge in [-0.2, -0.15) is 0 Å². The Morgan fingerprint density at radius 2 is 2.56 bits per heavy atom. The summed E-state index contributed by atoms with van der Waals surface area (Å²) in [4.78, 5) is 20.3. The van der Waals surface area contributed by atoms with Gasteiger partial charge in [0.15, 0.2) is 0 Å². The van der Waals surface area contributed by atoms with Crippen molar-refractivity contribution in [2.45, 2.75) is 5.37 Å². The maximum absolute atomic E-state index is 10.5. The van der Waals surface area contributed by atoms with Crippen molar-refractivity contribution in [1.29, 1.82) is 0 Å². The number of ketones is 1. The van der Waals surface area contributed by atoms with Gasteiger partial charge in [0.1, 0.15) is 5.37 Å². The molecule has 1 unspecified atom stereocenters. The third kappa shape index (κ3) is 1.53. The molecule has 9 heavy (non-hydrogen) atoms. The van der Waals surface area contributed by atoms with Crippen LogP contribution < -0.4 is 5.32 Å². The maximum atomic E-state index is 10.5. The smallest absolute Gasteiger partial charge is 0.274 e. The fourth-order valence-electron chi connectivity index (χ4n) is 0.648. The predicted octanol–water partition coefficient (Wildman–Crippen LogP) is -0.672. The molecule has 0 aromatic carbocycles. The van der Waals surface area contributed by atoms with E-state index in [1.807, 2.05) is 0 Å². The van der Waals surface area contributed by atoms with Crippen molar-refractivity contribution in [1.82, 2.24) is 5.32 Å². The van der Waals surface area contributed by atoms with Crippen molar-refractivity contribution in [2.24, 2.45) is 0 Å². The number of Topliss-reactive ketones (excluding diaryl/α,β-unsaturated/α-hetero) is 1. The van der Waals surface area contributed by atoms with Gasteiger partial charge in [-0.05, 0) is 0 Å². The zero-order valence-electron chi connectivity index (χ0n) is 4.72. The number of hydrogen-bond acceptors (Lipinski definition) is 4. The molecule has 0 aliphatic carbocycles. The maximum Gasteiger partial charge on any atom is 0.274 e. The molecule has 1 N–H and O–H groups in total. The van der Waals surface area contributed by atoms with Gasteiger partial charge in [-0.1, -0.05) is 0 Å². The fourth-order valence-corrected chi connectivity index (χ4v) is 1.55. The van der Waals surface area contributed by atoms with Crippen LogP contribution in [0.5, 0.6) is 0 Å². The van der Waals surface area contributed by atoms with Gasteiger partial charge < -0.3 is 0 Å². The highest BCUT2D eigenvalue weighted by Gasteiger charge is 2.21. The summed E-state index contributed by atoms with van der Waals surface area (Å²) < 4.78 is 0. The molecule has 1 atom stereocenters. The first-order chi connectivity index (χ1) is 4.34. The van der Waals surface area contributed by atoms with Crippen LogP contribution in [-0.4, -0.2) is 29.7 Å². The summed E-state index contributed by atoms with van der Waals surface area (Å²) in [6.07, 6.45) is 1.33. The summed E-state index contributed by atoms with van der Waals surface area (Å²) in [6.45, 7) is 0.808. The second kappa shape index (κ2) is 2.98. The molecule has 1 heterocycles. The molecule has 3 nitrogen and oxygen atoms in total. The van der Waals surface area contributed by atoms with Crippen molar-refractivity contribution in [3.8, 4) is 0 Å². The molecule has 0 saturated carbocycles. The van der Waals surface area contributed by atoms with E-state index in [1.54, 1.807) is 0 Å². The molecule has 1 aliphatic heterocycles. The van der Waals surface area contributed by atoms with Crippen molar-refractivity contribution in [3.63, 3.8) is 0 Å². The number of thioether (sulfide) groups is 1. The van der Waals surface area contributed by atoms with Gasteiger partial charge in [0.25, 0.3) is 6.29 Å². The highest BCUT2D eigenvalue weighted by molar-refractivity contribution is 8.00. The van der Waals surface area contributed by atoms with E-state index in [2.05, 4.69) is 5.32 Å². The minimum atomic E-state index is -0.475. The normalized spacial score (nSPS) is 26.0. The average Bonchev–Trinajstić information content (AvgIpc) is 2.37. The van der Waals surface area contributed by atoms with Crippen LogP contribution in [0.2, 0.25) is 0 Å². The second-order valence-electron chi connectivity index (χ2n) is 1.67. The third-order valence-corrected chi connectivity index (χ3v) is 2.21. The number of carbonyl (C=O) groups is 1. The Morgan fingerprint density at radius 3 is 3.00 bits per heavy atom. The first-order valence-electron chi connectivity index (χ1n) is 2.61. The molecule has 1 saturated heterocycles. The lowest BCUT2D eigenvalue weighted by Crippen LogP contribution is -2.29. The van der Waals surface area contributed by atoms with E-state index >= 15 is 0 Å². The molecule has 0 bridgehead atoms. The van der Waals surface area contributed by atoms with E-state index in [9.17, 15) is 9.59 Å². The van der Waals surface area contributed by atoms with Gasteiger partial charge in [0.05, 0.1) is 0 Å². The van der Waals surface area contributed by atoms with Crippen LogP contribution in [0.3, 0.4) is 0 Å². The van der Waals surface area contributed by atoms with Crippen LogP contribution in [0.15, 0.2) is 0 Å². The van der Waals surface area contributed by atoms with Crippen LogP contribution >= 0.6 is 11.8 Å². The van der Waals surface area contributed by atoms with E-state index in [1.165, 1.54) is 18.0 Å². The van der Waals surface area contributed by atoms with Crippen LogP contribution in [0.4, 0.5) is 0 Å². The number of nitrogens with one attached hydrogen (secondary N) is 1. The Bertz CT molecular complexity index is 131. The fraction of sp³-hybridized carbons (Fsp3) is 0.600. The third-order valence-electron chi connectivity index (χ3n) is 1.06. The lowest BCUT2D eigenvalue weighted by Gasteiger charge is -1.98. The Balaban J connectivity index is 2.41. The molecule has 49 valence electrons. The van der Waals surface area contributed by atoms with Crippen molar-refractivity contribution in [3.05, 3.63) is 0 Å². The van der Waals surface area contributed by atoms with Gasteiger partial charge in [0, 0.05) is 12.3 Å². The highest BCUT2D eigenvalue weighted by Crippen LogP contribution is 2.12. The Morgan fingerprint density at radius 1 is 1.78 bits per heavy atom.